The Balaban J connectivity index is 2.12. The van der Waals surface area contributed by atoms with Gasteiger partial charge in [-0.05, 0) is 23.1 Å². The van der Waals surface area contributed by atoms with Crippen LogP contribution in [0.2, 0.25) is 0 Å². The summed E-state index contributed by atoms with van der Waals surface area (Å²) >= 11 is 0. The lowest BCUT2D eigenvalue weighted by molar-refractivity contribution is 0.0864. The highest BCUT2D eigenvalue weighted by atomic mass is 16.6. The summed E-state index contributed by atoms with van der Waals surface area (Å²) < 4.78 is 5.40. The maximum Gasteiger partial charge on any atom is 0.0719 e. The average molecular weight is 193 g/mol. The number of nitrogens with one attached hydrogen (secondary N) is 1. The zero-order valence-electron chi connectivity index (χ0n) is 8.38. The van der Waals surface area contributed by atoms with Gasteiger partial charge in [0.1, 0.15) is 0 Å². The highest BCUT2D eigenvalue weighted by Gasteiger charge is 2.09. The largest absolute Gasteiger partial charge is 0.376 e. The fourth-order valence-electron chi connectivity index (χ4n) is 1.69. The first-order chi connectivity index (χ1) is 6.90. The Morgan fingerprint density at radius 2 is 2.36 bits per heavy atom. The van der Waals surface area contributed by atoms with Gasteiger partial charge in [0.05, 0.1) is 20.3 Å². The van der Waals surface area contributed by atoms with Gasteiger partial charge in [-0.25, -0.2) is 0 Å². The Labute approximate surface area is 84.0 Å². The Hall–Kier alpha value is -0.900. The normalized spacial score (nSPS) is 15.2. The van der Waals surface area contributed by atoms with Crippen molar-refractivity contribution < 1.29 is 9.57 Å². The van der Waals surface area contributed by atoms with E-state index in [4.69, 9.17) is 9.57 Å². The highest BCUT2D eigenvalue weighted by Crippen LogP contribution is 2.18. The molecular weight excluding hydrogens is 178 g/mol. The topological polar surface area (TPSA) is 30.5 Å². The first kappa shape index (κ1) is 9.65. The van der Waals surface area contributed by atoms with Crippen molar-refractivity contribution in [2.45, 2.75) is 19.6 Å². The van der Waals surface area contributed by atoms with Crippen molar-refractivity contribution in [3.05, 3.63) is 34.9 Å². The minimum Gasteiger partial charge on any atom is -0.376 e. The third-order valence-electron chi connectivity index (χ3n) is 2.46. The quantitative estimate of drug-likeness (QED) is 0.736. The number of benzene rings is 1. The Morgan fingerprint density at radius 1 is 1.43 bits per heavy atom. The van der Waals surface area contributed by atoms with Crippen molar-refractivity contribution in [1.82, 2.24) is 5.48 Å². The van der Waals surface area contributed by atoms with E-state index < -0.39 is 0 Å². The van der Waals surface area contributed by atoms with Crippen molar-refractivity contribution in [3.63, 3.8) is 0 Å². The van der Waals surface area contributed by atoms with Crippen LogP contribution < -0.4 is 5.48 Å². The van der Waals surface area contributed by atoms with E-state index in [0.717, 1.165) is 26.2 Å². The van der Waals surface area contributed by atoms with E-state index in [1.165, 1.54) is 16.7 Å². The molecule has 0 aliphatic carbocycles. The molecule has 1 aliphatic rings. The number of hydrogen-bond donors (Lipinski definition) is 1. The molecule has 1 aliphatic heterocycles. The molecule has 0 aromatic heterocycles. The molecule has 0 spiro atoms. The molecule has 1 aromatic rings. The summed E-state index contributed by atoms with van der Waals surface area (Å²) in [7, 11) is 1.63. The van der Waals surface area contributed by atoms with Crippen LogP contribution in [0.15, 0.2) is 18.2 Å². The van der Waals surface area contributed by atoms with Crippen molar-refractivity contribution in [3.8, 4) is 0 Å². The predicted molar refractivity (Wildman–Crippen MR) is 53.7 cm³/mol. The lowest BCUT2D eigenvalue weighted by Crippen LogP contribution is -2.13. The summed E-state index contributed by atoms with van der Waals surface area (Å²) in [6, 6.07) is 6.50. The third kappa shape index (κ3) is 2.12. The van der Waals surface area contributed by atoms with Crippen molar-refractivity contribution in [1.29, 1.82) is 0 Å². The summed E-state index contributed by atoms with van der Waals surface area (Å²) in [5.41, 5.74) is 6.79. The van der Waals surface area contributed by atoms with Crippen LogP contribution in [0.3, 0.4) is 0 Å². The van der Waals surface area contributed by atoms with Crippen molar-refractivity contribution >= 4 is 0 Å². The van der Waals surface area contributed by atoms with E-state index >= 15 is 0 Å². The maximum absolute atomic E-state index is 5.40. The number of ether oxygens (including phenoxy) is 1. The molecule has 14 heavy (non-hydrogen) atoms. The minimum absolute atomic E-state index is 0.740. The monoisotopic (exact) mass is 193 g/mol. The molecule has 0 saturated heterocycles. The zero-order chi connectivity index (χ0) is 9.80. The number of hydrogen-bond acceptors (Lipinski definition) is 3. The standard InChI is InChI=1S/C11H15NO2/c1-13-12-7-9-2-3-10-4-5-14-8-11(10)6-9/h2-3,6,12H,4-5,7-8H2,1H3. The van der Waals surface area contributed by atoms with Crippen molar-refractivity contribution in [2.75, 3.05) is 13.7 Å². The molecule has 0 saturated carbocycles. The molecule has 1 aromatic carbocycles. The van der Waals surface area contributed by atoms with Gasteiger partial charge < -0.3 is 9.57 Å². The zero-order valence-corrected chi connectivity index (χ0v) is 8.38. The summed E-state index contributed by atoms with van der Waals surface area (Å²) in [4.78, 5) is 4.81. The fraction of sp³-hybridized carbons (Fsp3) is 0.455. The van der Waals surface area contributed by atoms with E-state index in [1.54, 1.807) is 7.11 Å². The number of hydroxylamine groups is 1. The molecule has 1 N–H and O–H groups in total. The van der Waals surface area contributed by atoms with Crippen LogP contribution in [0.5, 0.6) is 0 Å². The second-order valence-corrected chi connectivity index (χ2v) is 3.43. The summed E-state index contributed by atoms with van der Waals surface area (Å²) in [5.74, 6) is 0. The van der Waals surface area contributed by atoms with Gasteiger partial charge in [0, 0.05) is 6.54 Å². The van der Waals surface area contributed by atoms with Gasteiger partial charge in [-0.3, -0.25) is 0 Å². The Kier molecular flexibility index (Phi) is 3.14. The molecular formula is C11H15NO2. The van der Waals surface area contributed by atoms with E-state index in [2.05, 4.69) is 23.7 Å². The van der Waals surface area contributed by atoms with Crippen LogP contribution >= 0.6 is 0 Å². The summed E-state index contributed by atoms with van der Waals surface area (Å²) in [6.07, 6.45) is 1.04. The smallest absolute Gasteiger partial charge is 0.0719 e. The first-order valence-corrected chi connectivity index (χ1v) is 4.84. The average Bonchev–Trinajstić information content (AvgIpc) is 2.26. The van der Waals surface area contributed by atoms with Gasteiger partial charge in [0.25, 0.3) is 0 Å². The van der Waals surface area contributed by atoms with Gasteiger partial charge in [0.2, 0.25) is 0 Å². The Bertz CT molecular complexity index is 312. The molecule has 0 fully saturated rings. The molecule has 0 atom stereocenters. The second-order valence-electron chi connectivity index (χ2n) is 3.43. The van der Waals surface area contributed by atoms with Crippen LogP contribution in [-0.4, -0.2) is 13.7 Å². The predicted octanol–water partition coefficient (Wildman–Crippen LogP) is 1.41. The van der Waals surface area contributed by atoms with Gasteiger partial charge in [-0.1, -0.05) is 18.2 Å². The SMILES string of the molecule is CONCc1ccc2c(c1)COCC2. The summed E-state index contributed by atoms with van der Waals surface area (Å²) in [5, 5.41) is 0. The number of fused-ring (bicyclic) bond motifs is 1. The molecule has 1 heterocycles. The van der Waals surface area contributed by atoms with E-state index in [9.17, 15) is 0 Å². The van der Waals surface area contributed by atoms with Crippen LogP contribution in [0, 0.1) is 0 Å². The molecule has 0 radical (unpaired) electrons. The van der Waals surface area contributed by atoms with Crippen LogP contribution in [0.1, 0.15) is 16.7 Å². The molecule has 2 rings (SSSR count). The maximum atomic E-state index is 5.40. The van der Waals surface area contributed by atoms with E-state index in [-0.39, 0.29) is 0 Å². The number of rotatable bonds is 3. The highest BCUT2D eigenvalue weighted by molar-refractivity contribution is 5.32. The van der Waals surface area contributed by atoms with Crippen molar-refractivity contribution in [2.24, 2.45) is 0 Å². The van der Waals surface area contributed by atoms with Crippen LogP contribution in [0.25, 0.3) is 0 Å². The molecule has 0 bridgehead atoms. The lowest BCUT2D eigenvalue weighted by atomic mass is 10.0. The fourth-order valence-corrected chi connectivity index (χ4v) is 1.69. The Morgan fingerprint density at radius 3 is 3.21 bits per heavy atom. The molecule has 3 nitrogen and oxygen atoms in total. The van der Waals surface area contributed by atoms with Crippen LogP contribution in [0.4, 0.5) is 0 Å². The van der Waals surface area contributed by atoms with E-state index in [0.29, 0.717) is 0 Å². The third-order valence-corrected chi connectivity index (χ3v) is 2.46. The molecule has 0 unspecified atom stereocenters. The summed E-state index contributed by atoms with van der Waals surface area (Å²) in [6.45, 7) is 2.34. The molecule has 76 valence electrons. The van der Waals surface area contributed by atoms with Gasteiger partial charge >= 0.3 is 0 Å². The lowest BCUT2D eigenvalue weighted by Gasteiger charge is -2.17. The van der Waals surface area contributed by atoms with E-state index in [1.807, 2.05) is 0 Å². The second kappa shape index (κ2) is 4.55. The molecule has 3 heteroatoms. The van der Waals surface area contributed by atoms with Crippen LogP contribution in [-0.2, 0) is 29.1 Å². The van der Waals surface area contributed by atoms with Gasteiger partial charge in [-0.15, -0.1) is 0 Å². The van der Waals surface area contributed by atoms with Gasteiger partial charge in [-0.2, -0.15) is 5.48 Å². The minimum atomic E-state index is 0.740. The first-order valence-electron chi connectivity index (χ1n) is 4.84. The molecule has 0 amide bonds. The van der Waals surface area contributed by atoms with Gasteiger partial charge in [0.15, 0.2) is 0 Å².